The van der Waals surface area contributed by atoms with Crippen LogP contribution in [0.4, 0.5) is 24.5 Å². The Hall–Kier alpha value is -3.31. The molecule has 3 aromatic rings. The molecule has 0 spiro atoms. The fourth-order valence-electron chi connectivity index (χ4n) is 2.85. The molecule has 7 nitrogen and oxygen atoms in total. The fourth-order valence-corrected chi connectivity index (χ4v) is 3.74. The van der Waals surface area contributed by atoms with E-state index in [4.69, 9.17) is 11.6 Å². The van der Waals surface area contributed by atoms with Crippen molar-refractivity contribution in [3.63, 3.8) is 0 Å². The summed E-state index contributed by atoms with van der Waals surface area (Å²) in [6.45, 7) is 3.98. The molecule has 1 heterocycles. The van der Waals surface area contributed by atoms with Gasteiger partial charge in [0.1, 0.15) is 5.82 Å². The van der Waals surface area contributed by atoms with Crippen LogP contribution < -0.4 is 10.6 Å². The molecule has 2 N–H and O–H groups in total. The van der Waals surface area contributed by atoms with Crippen molar-refractivity contribution in [1.29, 1.82) is 0 Å². The third-order valence-corrected chi connectivity index (χ3v) is 5.58. The molecule has 12 heteroatoms. The second kappa shape index (κ2) is 11.2. The number of benzene rings is 2. The zero-order valence-corrected chi connectivity index (χ0v) is 19.2. The van der Waals surface area contributed by atoms with Crippen molar-refractivity contribution in [2.45, 2.75) is 24.3 Å². The molecule has 0 fully saturated rings. The van der Waals surface area contributed by atoms with E-state index in [9.17, 15) is 22.8 Å². The summed E-state index contributed by atoms with van der Waals surface area (Å²) in [7, 11) is 0. The van der Waals surface area contributed by atoms with Crippen molar-refractivity contribution in [3.8, 4) is 0 Å². The average molecular weight is 510 g/mol. The number of anilines is 2. The van der Waals surface area contributed by atoms with Crippen LogP contribution in [0.2, 0.25) is 5.02 Å². The van der Waals surface area contributed by atoms with Crippen LogP contribution in [0.1, 0.15) is 11.4 Å². The Bertz CT molecular complexity index is 1180. The normalized spacial score (nSPS) is 11.2. The van der Waals surface area contributed by atoms with E-state index >= 15 is 0 Å². The van der Waals surface area contributed by atoms with Gasteiger partial charge in [-0.1, -0.05) is 35.5 Å². The second-order valence-electron chi connectivity index (χ2n) is 6.95. The lowest BCUT2D eigenvalue weighted by Crippen LogP contribution is -2.18. The number of rotatable bonds is 9. The average Bonchev–Trinajstić information content (AvgIpc) is 3.15. The Morgan fingerprint density at radius 3 is 2.44 bits per heavy atom. The first-order chi connectivity index (χ1) is 16.2. The molecule has 0 aliphatic carbocycles. The third-order valence-electron chi connectivity index (χ3n) is 4.36. The number of allylic oxidation sites excluding steroid dienone is 1. The van der Waals surface area contributed by atoms with Crippen molar-refractivity contribution in [3.05, 3.63) is 77.6 Å². The van der Waals surface area contributed by atoms with Gasteiger partial charge in [-0.2, -0.15) is 13.2 Å². The van der Waals surface area contributed by atoms with Gasteiger partial charge in [-0.15, -0.1) is 16.8 Å². The summed E-state index contributed by atoms with van der Waals surface area (Å²) in [6, 6.07) is 11.0. The zero-order valence-electron chi connectivity index (χ0n) is 17.6. The molecule has 0 saturated carbocycles. The Balaban J connectivity index is 1.61. The molecule has 0 aliphatic heterocycles. The van der Waals surface area contributed by atoms with Crippen LogP contribution in [0.15, 0.2) is 66.3 Å². The van der Waals surface area contributed by atoms with E-state index in [1.807, 2.05) is 0 Å². The van der Waals surface area contributed by atoms with Gasteiger partial charge in [0, 0.05) is 22.9 Å². The summed E-state index contributed by atoms with van der Waals surface area (Å²) in [4.78, 5) is 24.7. The van der Waals surface area contributed by atoms with Crippen LogP contribution >= 0.6 is 23.4 Å². The number of hydrogen-bond acceptors (Lipinski definition) is 5. The van der Waals surface area contributed by atoms with Gasteiger partial charge in [0.05, 0.1) is 17.7 Å². The summed E-state index contributed by atoms with van der Waals surface area (Å²) in [5.41, 5.74) is -0.247. The number of hydrogen-bond donors (Lipinski definition) is 2. The molecule has 0 aliphatic rings. The largest absolute Gasteiger partial charge is 0.416 e. The number of amides is 2. The standard InChI is InChI=1S/C22H19ClF3N5O2S/c1-2-10-31-18(12-19(32)27-16-8-6-15(23)7-9-16)29-30-21(31)34-13-20(33)28-17-5-3-4-14(11-17)22(24,25)26/h2-9,11H,1,10,12-13H2,(H,27,32)(H,28,33). The van der Waals surface area contributed by atoms with Gasteiger partial charge in [0.2, 0.25) is 11.8 Å². The van der Waals surface area contributed by atoms with Gasteiger partial charge < -0.3 is 15.2 Å². The summed E-state index contributed by atoms with van der Waals surface area (Å²) >= 11 is 6.88. The highest BCUT2D eigenvalue weighted by molar-refractivity contribution is 7.99. The highest BCUT2D eigenvalue weighted by Crippen LogP contribution is 2.30. The second-order valence-corrected chi connectivity index (χ2v) is 8.32. The lowest BCUT2D eigenvalue weighted by Gasteiger charge is -2.10. The minimum atomic E-state index is -4.51. The van der Waals surface area contributed by atoms with Crippen molar-refractivity contribution >= 4 is 46.6 Å². The molecule has 2 amide bonds. The molecule has 0 atom stereocenters. The third kappa shape index (κ3) is 7.09. The summed E-state index contributed by atoms with van der Waals surface area (Å²) in [5.74, 6) is -0.590. The maximum Gasteiger partial charge on any atom is 0.416 e. The van der Waals surface area contributed by atoms with Crippen LogP contribution in [-0.4, -0.2) is 32.3 Å². The quantitative estimate of drug-likeness (QED) is 0.311. The topological polar surface area (TPSA) is 88.9 Å². The minimum absolute atomic E-state index is 0.0348. The minimum Gasteiger partial charge on any atom is -0.326 e. The van der Waals surface area contributed by atoms with Crippen molar-refractivity contribution in [2.75, 3.05) is 16.4 Å². The summed E-state index contributed by atoms with van der Waals surface area (Å²) in [5, 5.41) is 14.2. The first-order valence-corrected chi connectivity index (χ1v) is 11.2. The van der Waals surface area contributed by atoms with E-state index < -0.39 is 17.6 Å². The Labute approximate surface area is 202 Å². The number of halogens is 4. The number of nitrogens with zero attached hydrogens (tertiary/aromatic N) is 3. The Morgan fingerprint density at radius 2 is 1.76 bits per heavy atom. The van der Waals surface area contributed by atoms with Crippen molar-refractivity contribution in [1.82, 2.24) is 14.8 Å². The first-order valence-electron chi connectivity index (χ1n) is 9.84. The van der Waals surface area contributed by atoms with Crippen LogP contribution in [-0.2, 0) is 28.7 Å². The van der Waals surface area contributed by atoms with Crippen LogP contribution in [0.3, 0.4) is 0 Å². The van der Waals surface area contributed by atoms with Gasteiger partial charge >= 0.3 is 6.18 Å². The number of aromatic nitrogens is 3. The van der Waals surface area contributed by atoms with E-state index in [1.165, 1.54) is 12.1 Å². The lowest BCUT2D eigenvalue weighted by molar-refractivity contribution is -0.137. The van der Waals surface area contributed by atoms with E-state index in [2.05, 4.69) is 27.4 Å². The Morgan fingerprint density at radius 1 is 1.06 bits per heavy atom. The lowest BCUT2D eigenvalue weighted by atomic mass is 10.2. The molecular formula is C22H19ClF3N5O2S. The van der Waals surface area contributed by atoms with Gasteiger partial charge in [0.25, 0.3) is 0 Å². The molecule has 2 aromatic carbocycles. The van der Waals surface area contributed by atoms with Gasteiger partial charge in [0.15, 0.2) is 5.16 Å². The maximum absolute atomic E-state index is 12.8. The predicted molar refractivity (Wildman–Crippen MR) is 125 cm³/mol. The van der Waals surface area contributed by atoms with E-state index in [0.717, 1.165) is 23.9 Å². The number of nitrogens with one attached hydrogen (secondary N) is 2. The van der Waals surface area contributed by atoms with Crippen molar-refractivity contribution < 1.29 is 22.8 Å². The Kier molecular flexibility index (Phi) is 8.35. The SMILES string of the molecule is C=CCn1c(CC(=O)Nc2ccc(Cl)cc2)nnc1SCC(=O)Nc1cccc(C(F)(F)F)c1. The fraction of sp³-hybridized carbons (Fsp3) is 0.182. The highest BCUT2D eigenvalue weighted by Gasteiger charge is 2.30. The summed E-state index contributed by atoms with van der Waals surface area (Å²) < 4.78 is 40.2. The number of thioether (sulfide) groups is 1. The van der Waals surface area contributed by atoms with Crippen LogP contribution in [0, 0.1) is 0 Å². The van der Waals surface area contributed by atoms with E-state index in [0.29, 0.717) is 28.2 Å². The van der Waals surface area contributed by atoms with E-state index in [1.54, 1.807) is 34.9 Å². The predicted octanol–water partition coefficient (Wildman–Crippen LogP) is 5.05. The molecule has 0 bridgehead atoms. The molecule has 1 aromatic heterocycles. The zero-order chi connectivity index (χ0) is 24.7. The maximum atomic E-state index is 12.8. The van der Waals surface area contributed by atoms with Gasteiger partial charge in [-0.25, -0.2) is 0 Å². The molecule has 0 unspecified atom stereocenters. The monoisotopic (exact) mass is 509 g/mol. The van der Waals surface area contributed by atoms with Crippen LogP contribution in [0.5, 0.6) is 0 Å². The molecule has 34 heavy (non-hydrogen) atoms. The summed E-state index contributed by atoms with van der Waals surface area (Å²) in [6.07, 6.45) is -2.98. The molecule has 0 saturated heterocycles. The molecule has 178 valence electrons. The first kappa shape index (κ1) is 25.3. The molecular weight excluding hydrogens is 491 g/mol. The van der Waals surface area contributed by atoms with E-state index in [-0.39, 0.29) is 23.8 Å². The van der Waals surface area contributed by atoms with Gasteiger partial charge in [-0.05, 0) is 42.5 Å². The number of alkyl halides is 3. The van der Waals surface area contributed by atoms with Gasteiger partial charge in [-0.3, -0.25) is 9.59 Å². The molecule has 0 radical (unpaired) electrons. The van der Waals surface area contributed by atoms with Crippen LogP contribution in [0.25, 0.3) is 0 Å². The number of carbonyl (C=O) groups is 2. The van der Waals surface area contributed by atoms with Crippen molar-refractivity contribution in [2.24, 2.45) is 0 Å². The molecule has 3 rings (SSSR count). The number of carbonyl (C=O) groups excluding carboxylic acids is 2. The highest BCUT2D eigenvalue weighted by atomic mass is 35.5. The smallest absolute Gasteiger partial charge is 0.326 e.